The molecule has 464 valence electrons. The molecule has 0 radical (unpaired) electrons. The molecule has 4 aliphatic carbocycles. The van der Waals surface area contributed by atoms with E-state index in [9.17, 15) is 43.0 Å². The standard InChI is InChI=1S/C63H88F2N10O10/c1-38(2)59-72-71-39(3)75(59)47-30-45-16-17-46(31-47)74(45)27-21-48(70-60(81)43-19-22-61(64,65)32-43)41-11-14-44(15-12-41)68-54(79)36-83-34-52(77)66-25-7-5-4-6-8-26-67-53(78)35-84-37-55(80)69-49-20-23-63(82)51-29-42-13-18-50(76)57-56(42)62(63,58(49)85-57)24-28-73(51)33-40-9-10-40/h11-15,18,38,40,43,45-49,51,58,76,82H,4-10,16-17,19-37H2,1-3H3,(H,66,77)(H,67,78)(H,68,79)(H,69,80)(H,70,81)/t43-,45?,46?,47?,48-,49+,51+,58-,62-,63+/m0/s1. The number of piperidine rings is 2. The van der Waals surface area contributed by atoms with Gasteiger partial charge in [0.1, 0.15) is 44.2 Å². The number of aromatic nitrogens is 3. The Morgan fingerprint density at radius 2 is 1.46 bits per heavy atom. The number of benzene rings is 2. The van der Waals surface area contributed by atoms with E-state index in [2.05, 4.69) is 65.0 Å². The number of nitrogens with one attached hydrogen (secondary N) is 5. The average Bonchev–Trinajstić information content (AvgIpc) is 1.61. The second-order valence-corrected chi connectivity index (χ2v) is 26.2. The Balaban J connectivity index is 0.538. The molecule has 6 fully saturated rings. The highest BCUT2D eigenvalue weighted by molar-refractivity contribution is 5.92. The minimum absolute atomic E-state index is 0.0516. The number of phenols is 1. The number of alkyl halides is 2. The number of anilines is 1. The zero-order valence-electron chi connectivity index (χ0n) is 49.7. The van der Waals surface area contributed by atoms with E-state index in [1.54, 1.807) is 18.2 Å². The maximum Gasteiger partial charge on any atom is 0.250 e. The molecule has 2 aromatic carbocycles. The maximum absolute atomic E-state index is 14.2. The molecular formula is C63H88F2N10O10. The van der Waals surface area contributed by atoms with Crippen LogP contribution in [0, 0.1) is 18.8 Å². The van der Waals surface area contributed by atoms with Gasteiger partial charge in [0.2, 0.25) is 35.5 Å². The summed E-state index contributed by atoms with van der Waals surface area (Å²) in [6, 6.07) is 11.0. The van der Waals surface area contributed by atoms with E-state index >= 15 is 0 Å². The Labute approximate surface area is 497 Å². The fraction of sp³-hybridized carbons (Fsp3) is 0.698. The van der Waals surface area contributed by atoms with Crippen LogP contribution in [0.1, 0.15) is 176 Å². The van der Waals surface area contributed by atoms with Gasteiger partial charge in [-0.3, -0.25) is 33.8 Å². The number of fused-ring (bicyclic) bond motifs is 2. The number of hydrogen-bond acceptors (Lipinski definition) is 14. The Morgan fingerprint density at radius 3 is 2.12 bits per heavy atom. The number of carbonyl (C=O) groups excluding carboxylic acids is 5. The van der Waals surface area contributed by atoms with Crippen molar-refractivity contribution < 1.29 is 57.2 Å². The summed E-state index contributed by atoms with van der Waals surface area (Å²) in [5.74, 6) is -2.01. The summed E-state index contributed by atoms with van der Waals surface area (Å²) >= 11 is 0. The summed E-state index contributed by atoms with van der Waals surface area (Å²) in [7, 11) is 0. The molecule has 20 nitrogen and oxygen atoms in total. The predicted molar refractivity (Wildman–Crippen MR) is 311 cm³/mol. The summed E-state index contributed by atoms with van der Waals surface area (Å²) < 4.78 is 48.2. The van der Waals surface area contributed by atoms with E-state index in [4.69, 9.17) is 14.2 Å². The molecule has 4 bridgehead atoms. The van der Waals surface area contributed by atoms with Crippen molar-refractivity contribution in [2.24, 2.45) is 11.8 Å². The van der Waals surface area contributed by atoms with Gasteiger partial charge in [0.15, 0.2) is 11.5 Å². The number of nitrogens with zero attached hydrogens (tertiary/aromatic N) is 5. The molecule has 7 N–H and O–H groups in total. The summed E-state index contributed by atoms with van der Waals surface area (Å²) in [6.07, 6.45) is 12.6. The van der Waals surface area contributed by atoms with Gasteiger partial charge in [0.25, 0.3) is 0 Å². The van der Waals surface area contributed by atoms with Crippen LogP contribution in [0.4, 0.5) is 14.5 Å². The van der Waals surface area contributed by atoms with E-state index in [-0.39, 0.29) is 80.6 Å². The van der Waals surface area contributed by atoms with Gasteiger partial charge in [-0.2, -0.15) is 0 Å². The molecule has 22 heteroatoms. The zero-order valence-corrected chi connectivity index (χ0v) is 49.7. The summed E-state index contributed by atoms with van der Waals surface area (Å²) in [5, 5.41) is 47.2. The van der Waals surface area contributed by atoms with Gasteiger partial charge in [0.05, 0.1) is 23.1 Å². The molecule has 4 aliphatic heterocycles. The van der Waals surface area contributed by atoms with Gasteiger partial charge < -0.3 is 55.6 Å². The van der Waals surface area contributed by atoms with Gasteiger partial charge in [-0.25, -0.2) is 8.78 Å². The number of halogens is 2. The maximum atomic E-state index is 14.2. The smallest absolute Gasteiger partial charge is 0.250 e. The Hall–Kier alpha value is -5.81. The first-order valence-corrected chi connectivity index (χ1v) is 31.6. The largest absolute Gasteiger partial charge is 0.504 e. The van der Waals surface area contributed by atoms with E-state index in [1.165, 1.54) is 12.8 Å². The number of likely N-dealkylation sites (tertiary alicyclic amines) is 1. The lowest BCUT2D eigenvalue weighted by Gasteiger charge is -2.64. The van der Waals surface area contributed by atoms with Crippen LogP contribution in [-0.4, -0.2) is 165 Å². The van der Waals surface area contributed by atoms with E-state index < -0.39 is 53.4 Å². The highest BCUT2D eigenvalue weighted by atomic mass is 19.3. The SMILES string of the molecule is Cc1nnc(C(C)C)n1C1CC2CCC(C1)N2CC[C@H](NC(=O)[C@H]1CCC(F)(F)C1)c1ccc(NC(=O)COCC(=O)NCCCCCCCNC(=O)COCC(=O)N[C@@H]2CC[C@@]3(O)[C@H]4Cc5ccc(O)c6c5[C@@]3(CCN4CC3CC3)[C@H]2O6)cc1. The number of unbranched alkanes of at least 4 members (excludes halogenated alkanes) is 4. The van der Waals surface area contributed by atoms with Crippen molar-refractivity contribution in [3.8, 4) is 11.5 Å². The Kier molecular flexibility index (Phi) is 18.5. The Morgan fingerprint density at radius 1 is 0.788 bits per heavy atom. The van der Waals surface area contributed by atoms with Gasteiger partial charge in [-0.05, 0) is 139 Å². The predicted octanol–water partition coefficient (Wildman–Crippen LogP) is 6.17. The fourth-order valence-electron chi connectivity index (χ4n) is 15.8. The second kappa shape index (κ2) is 25.9. The molecule has 85 heavy (non-hydrogen) atoms. The van der Waals surface area contributed by atoms with Crippen molar-refractivity contribution in [1.82, 2.24) is 45.8 Å². The van der Waals surface area contributed by atoms with Crippen molar-refractivity contribution in [3.63, 3.8) is 0 Å². The number of aromatic hydroxyl groups is 1. The van der Waals surface area contributed by atoms with Crippen molar-refractivity contribution in [2.75, 3.05) is 64.5 Å². The van der Waals surface area contributed by atoms with Crippen LogP contribution in [0.5, 0.6) is 11.5 Å². The van der Waals surface area contributed by atoms with Crippen molar-refractivity contribution >= 4 is 35.2 Å². The van der Waals surface area contributed by atoms with Crippen LogP contribution >= 0.6 is 0 Å². The number of amides is 5. The normalized spacial score (nSPS) is 28.3. The van der Waals surface area contributed by atoms with Crippen molar-refractivity contribution in [3.05, 3.63) is 64.7 Å². The van der Waals surface area contributed by atoms with Crippen molar-refractivity contribution in [2.45, 2.75) is 208 Å². The van der Waals surface area contributed by atoms with Gasteiger partial charge in [-0.15, -0.1) is 10.2 Å². The molecule has 5 heterocycles. The quantitative estimate of drug-likeness (QED) is 0.0402. The summed E-state index contributed by atoms with van der Waals surface area (Å²) in [4.78, 5) is 69.6. The number of aliphatic hydroxyl groups is 1. The monoisotopic (exact) mass is 1180 g/mol. The lowest BCUT2D eigenvalue weighted by Crippen LogP contribution is -2.78. The zero-order chi connectivity index (χ0) is 59.6. The van der Waals surface area contributed by atoms with Crippen LogP contribution in [0.3, 0.4) is 0 Å². The topological polar surface area (TPSA) is 251 Å². The lowest BCUT2D eigenvalue weighted by atomic mass is 9.48. The summed E-state index contributed by atoms with van der Waals surface area (Å²) in [6.45, 7) is 8.59. The third kappa shape index (κ3) is 13.2. The first-order valence-electron chi connectivity index (χ1n) is 31.6. The first-order chi connectivity index (χ1) is 40.9. The molecule has 3 saturated carbocycles. The molecule has 3 aromatic rings. The first kappa shape index (κ1) is 60.9. The number of carbonyl (C=O) groups is 5. The van der Waals surface area contributed by atoms with Gasteiger partial charge in [-0.1, -0.05) is 51.3 Å². The Bertz CT molecular complexity index is 2890. The van der Waals surface area contributed by atoms with Crippen LogP contribution in [0.15, 0.2) is 36.4 Å². The molecular weight excluding hydrogens is 1090 g/mol. The van der Waals surface area contributed by atoms with E-state index in [0.717, 1.165) is 106 Å². The van der Waals surface area contributed by atoms with Gasteiger partial charge >= 0.3 is 0 Å². The molecule has 1 aromatic heterocycles. The molecule has 1 spiro atoms. The van der Waals surface area contributed by atoms with E-state index in [1.807, 2.05) is 25.1 Å². The van der Waals surface area contributed by atoms with Crippen LogP contribution in [-0.2, 0) is 45.3 Å². The van der Waals surface area contributed by atoms with Crippen molar-refractivity contribution in [1.29, 1.82) is 0 Å². The van der Waals surface area contributed by atoms with E-state index in [0.29, 0.717) is 80.7 Å². The molecule has 5 amide bonds. The lowest BCUT2D eigenvalue weighted by molar-refractivity contribution is -0.192. The highest BCUT2D eigenvalue weighted by Gasteiger charge is 2.73. The molecule has 11 rings (SSSR count). The third-order valence-corrected chi connectivity index (χ3v) is 20.0. The molecule has 2 unspecified atom stereocenters. The minimum atomic E-state index is -2.84. The second-order valence-electron chi connectivity index (χ2n) is 26.2. The number of phenolic OH excluding ortho intramolecular Hbond substituents is 1. The highest BCUT2D eigenvalue weighted by Crippen LogP contribution is 2.65. The van der Waals surface area contributed by atoms with Gasteiger partial charge in [0, 0.05) is 86.3 Å². The van der Waals surface area contributed by atoms with Crippen LogP contribution in [0.2, 0.25) is 0 Å². The summed E-state index contributed by atoms with van der Waals surface area (Å²) in [5.41, 5.74) is 1.54. The number of ether oxygens (including phenoxy) is 3. The fourth-order valence-corrected chi connectivity index (χ4v) is 15.8. The number of aryl methyl sites for hydroxylation is 1. The average molecular weight is 1180 g/mol. The minimum Gasteiger partial charge on any atom is -0.504 e. The molecule has 9 atom stereocenters. The third-order valence-electron chi connectivity index (χ3n) is 20.0. The van der Waals surface area contributed by atoms with Crippen LogP contribution in [0.25, 0.3) is 0 Å². The van der Waals surface area contributed by atoms with Crippen LogP contribution < -0.4 is 31.3 Å². The molecule has 8 aliphatic rings. The molecule has 3 saturated heterocycles. The number of hydrogen-bond donors (Lipinski definition) is 7. The number of rotatable bonds is 28.